The number of nitrogens with zero attached hydrogens (tertiary/aromatic N) is 4. The number of aromatic carboxylic acids is 1. The van der Waals surface area contributed by atoms with E-state index in [9.17, 15) is 14.0 Å². The van der Waals surface area contributed by atoms with Crippen LogP contribution in [-0.4, -0.2) is 42.5 Å². The van der Waals surface area contributed by atoms with Gasteiger partial charge in [0.05, 0.1) is 11.3 Å². The first-order valence-electron chi connectivity index (χ1n) is 11.2. The molecular formula is C26H23FN4O3. The molecule has 1 unspecified atom stereocenters. The molecule has 7 nitrogen and oxygen atoms in total. The highest BCUT2D eigenvalue weighted by Crippen LogP contribution is 2.27. The fourth-order valence-electron chi connectivity index (χ4n) is 4.48. The summed E-state index contributed by atoms with van der Waals surface area (Å²) in [5.74, 6) is -2.04. The zero-order valence-electron chi connectivity index (χ0n) is 18.8. The Kier molecular flexibility index (Phi) is 5.36. The number of rotatable bonds is 4. The van der Waals surface area contributed by atoms with Crippen LogP contribution in [0.3, 0.4) is 0 Å². The van der Waals surface area contributed by atoms with E-state index >= 15 is 0 Å². The highest BCUT2D eigenvalue weighted by Gasteiger charge is 2.29. The number of hydrogen-bond acceptors (Lipinski definition) is 4. The second-order valence-corrected chi connectivity index (χ2v) is 8.54. The van der Waals surface area contributed by atoms with E-state index in [4.69, 9.17) is 5.11 Å². The number of aryl methyl sites for hydroxylation is 1. The highest BCUT2D eigenvalue weighted by atomic mass is 19.1. The molecule has 1 N–H and O–H groups in total. The molecular weight excluding hydrogens is 435 g/mol. The molecule has 3 heterocycles. The molecule has 0 saturated heterocycles. The van der Waals surface area contributed by atoms with Crippen LogP contribution in [0.4, 0.5) is 4.39 Å². The van der Waals surface area contributed by atoms with Crippen molar-refractivity contribution in [3.63, 3.8) is 0 Å². The third kappa shape index (κ3) is 3.71. The van der Waals surface area contributed by atoms with Crippen LogP contribution >= 0.6 is 0 Å². The van der Waals surface area contributed by atoms with Gasteiger partial charge in [0.2, 0.25) is 0 Å². The van der Waals surface area contributed by atoms with Crippen molar-refractivity contribution >= 4 is 17.5 Å². The molecule has 2 aromatic heterocycles. The van der Waals surface area contributed by atoms with Crippen molar-refractivity contribution in [1.82, 2.24) is 19.5 Å². The van der Waals surface area contributed by atoms with Crippen molar-refractivity contribution in [1.29, 1.82) is 0 Å². The van der Waals surface area contributed by atoms with Crippen molar-refractivity contribution < 1.29 is 19.1 Å². The molecule has 0 spiro atoms. The molecule has 0 radical (unpaired) electrons. The van der Waals surface area contributed by atoms with Gasteiger partial charge in [0, 0.05) is 29.9 Å². The van der Waals surface area contributed by atoms with Gasteiger partial charge in [0.25, 0.3) is 5.91 Å². The van der Waals surface area contributed by atoms with Gasteiger partial charge in [-0.05, 0) is 55.2 Å². The number of benzene rings is 2. The van der Waals surface area contributed by atoms with Crippen LogP contribution < -0.4 is 0 Å². The quantitative estimate of drug-likeness (QED) is 0.490. The van der Waals surface area contributed by atoms with Gasteiger partial charge in [0.15, 0.2) is 5.65 Å². The fraction of sp³-hybridized carbons (Fsp3) is 0.231. The van der Waals surface area contributed by atoms with E-state index in [1.165, 1.54) is 17.7 Å². The summed E-state index contributed by atoms with van der Waals surface area (Å²) in [5.41, 5.74) is 4.28. The zero-order valence-corrected chi connectivity index (χ0v) is 18.8. The molecule has 0 saturated carbocycles. The average Bonchev–Trinajstić information content (AvgIpc) is 3.26. The number of carboxylic acids is 1. The summed E-state index contributed by atoms with van der Waals surface area (Å²) in [4.78, 5) is 31.0. The fourth-order valence-corrected chi connectivity index (χ4v) is 4.48. The van der Waals surface area contributed by atoms with Crippen molar-refractivity contribution in [3.8, 4) is 11.3 Å². The second-order valence-electron chi connectivity index (χ2n) is 8.54. The van der Waals surface area contributed by atoms with Gasteiger partial charge in [0.1, 0.15) is 11.5 Å². The standard InChI is InChI=1S/C26H23FN4O3/c1-3-19-12-23(25(32)30-14-18-7-5-4-6-16(18)10-15(30)2)28-24-13-22(29-31(19)24)20-9-8-17(26(33)34)11-21(20)27/h4-9,11-13,15H,3,10,14H2,1-2H3,(H,33,34). The van der Waals surface area contributed by atoms with Crippen LogP contribution in [0.15, 0.2) is 54.6 Å². The third-order valence-corrected chi connectivity index (χ3v) is 6.34. The van der Waals surface area contributed by atoms with Crippen molar-refractivity contribution in [2.75, 3.05) is 0 Å². The minimum atomic E-state index is -1.20. The molecule has 2 aromatic carbocycles. The van der Waals surface area contributed by atoms with Gasteiger partial charge in [-0.15, -0.1) is 0 Å². The normalized spacial score (nSPS) is 15.4. The van der Waals surface area contributed by atoms with Crippen LogP contribution in [0.2, 0.25) is 0 Å². The molecule has 0 fully saturated rings. The highest BCUT2D eigenvalue weighted by molar-refractivity contribution is 5.93. The lowest BCUT2D eigenvalue weighted by Crippen LogP contribution is -2.43. The lowest BCUT2D eigenvalue weighted by molar-refractivity contribution is 0.0650. The number of carboxylic acid groups (broad SMARTS) is 1. The maximum atomic E-state index is 14.6. The number of fused-ring (bicyclic) bond motifs is 2. The molecule has 4 aromatic rings. The van der Waals surface area contributed by atoms with E-state index in [1.54, 1.807) is 16.6 Å². The molecule has 1 aliphatic rings. The van der Waals surface area contributed by atoms with E-state index in [0.29, 0.717) is 30.0 Å². The SMILES string of the molecule is CCc1cc(C(=O)N2Cc3ccccc3CC2C)nc2cc(-c3ccc(C(=O)O)cc3F)nn12. The zero-order chi connectivity index (χ0) is 24.0. The predicted octanol–water partition coefficient (Wildman–Crippen LogP) is 4.38. The van der Waals surface area contributed by atoms with E-state index in [1.807, 2.05) is 36.9 Å². The van der Waals surface area contributed by atoms with Crippen LogP contribution in [0.5, 0.6) is 0 Å². The maximum absolute atomic E-state index is 14.6. The number of amides is 1. The summed E-state index contributed by atoms with van der Waals surface area (Å²) < 4.78 is 16.2. The third-order valence-electron chi connectivity index (χ3n) is 6.34. The molecule has 1 amide bonds. The first-order chi connectivity index (χ1) is 16.4. The van der Waals surface area contributed by atoms with Crippen LogP contribution in [-0.2, 0) is 19.4 Å². The number of halogens is 1. The molecule has 8 heteroatoms. The first-order valence-corrected chi connectivity index (χ1v) is 11.2. The van der Waals surface area contributed by atoms with Gasteiger partial charge < -0.3 is 10.0 Å². The first kappa shape index (κ1) is 21.8. The average molecular weight is 458 g/mol. The minimum Gasteiger partial charge on any atom is -0.478 e. The molecule has 1 atom stereocenters. The monoisotopic (exact) mass is 458 g/mol. The number of hydrogen-bond donors (Lipinski definition) is 1. The Balaban J connectivity index is 1.53. The summed E-state index contributed by atoms with van der Waals surface area (Å²) in [5, 5.41) is 13.6. The Morgan fingerprint density at radius 1 is 1.12 bits per heavy atom. The van der Waals surface area contributed by atoms with Gasteiger partial charge >= 0.3 is 5.97 Å². The van der Waals surface area contributed by atoms with E-state index in [2.05, 4.69) is 16.1 Å². The Hall–Kier alpha value is -4.07. The molecule has 5 rings (SSSR count). The lowest BCUT2D eigenvalue weighted by atomic mass is 9.94. The lowest BCUT2D eigenvalue weighted by Gasteiger charge is -2.34. The minimum absolute atomic E-state index is 0.0350. The molecule has 1 aliphatic heterocycles. The molecule has 0 bridgehead atoms. The van der Waals surface area contributed by atoms with Gasteiger partial charge in [-0.25, -0.2) is 18.7 Å². The second kappa shape index (κ2) is 8.37. The smallest absolute Gasteiger partial charge is 0.335 e. The summed E-state index contributed by atoms with van der Waals surface area (Å²) in [6.45, 7) is 4.51. The van der Waals surface area contributed by atoms with Gasteiger partial charge in [-0.3, -0.25) is 4.79 Å². The van der Waals surface area contributed by atoms with Gasteiger partial charge in [-0.2, -0.15) is 5.10 Å². The number of carbonyl (C=O) groups is 2. The van der Waals surface area contributed by atoms with Crippen LogP contribution in [0.25, 0.3) is 16.9 Å². The largest absolute Gasteiger partial charge is 0.478 e. The Morgan fingerprint density at radius 3 is 2.59 bits per heavy atom. The van der Waals surface area contributed by atoms with E-state index in [-0.39, 0.29) is 23.1 Å². The Labute approximate surface area is 195 Å². The molecule has 34 heavy (non-hydrogen) atoms. The van der Waals surface area contributed by atoms with Crippen molar-refractivity contribution in [2.24, 2.45) is 0 Å². The van der Waals surface area contributed by atoms with E-state index < -0.39 is 11.8 Å². The molecule has 172 valence electrons. The van der Waals surface area contributed by atoms with Crippen LogP contribution in [0.1, 0.15) is 51.5 Å². The topological polar surface area (TPSA) is 87.8 Å². The Bertz CT molecular complexity index is 1450. The summed E-state index contributed by atoms with van der Waals surface area (Å²) >= 11 is 0. The number of carbonyl (C=O) groups excluding carboxylic acids is 1. The van der Waals surface area contributed by atoms with Gasteiger partial charge in [-0.1, -0.05) is 31.2 Å². The summed E-state index contributed by atoms with van der Waals surface area (Å²) in [6.07, 6.45) is 1.38. The van der Waals surface area contributed by atoms with Crippen molar-refractivity contribution in [3.05, 3.63) is 88.5 Å². The molecule has 0 aliphatic carbocycles. The summed E-state index contributed by atoms with van der Waals surface area (Å²) in [6, 6.07) is 15.2. The van der Waals surface area contributed by atoms with Crippen molar-refractivity contribution in [2.45, 2.75) is 39.3 Å². The summed E-state index contributed by atoms with van der Waals surface area (Å²) in [7, 11) is 0. The van der Waals surface area contributed by atoms with E-state index in [0.717, 1.165) is 23.7 Å². The van der Waals surface area contributed by atoms with Crippen LogP contribution in [0, 0.1) is 5.82 Å². The maximum Gasteiger partial charge on any atom is 0.335 e. The predicted molar refractivity (Wildman–Crippen MR) is 124 cm³/mol. The Morgan fingerprint density at radius 2 is 1.88 bits per heavy atom. The number of aromatic nitrogens is 3.